The predicted molar refractivity (Wildman–Crippen MR) is 76.1 cm³/mol. The Morgan fingerprint density at radius 2 is 1.95 bits per heavy atom. The lowest BCUT2D eigenvalue weighted by atomic mass is 10.1. The number of amides is 2. The number of rotatable bonds is 7. The second kappa shape index (κ2) is 8.53. The molecule has 19 heavy (non-hydrogen) atoms. The van der Waals surface area contributed by atoms with Gasteiger partial charge in [-0.15, -0.1) is 0 Å². The predicted octanol–water partition coefficient (Wildman–Crippen LogP) is 1.91. The maximum Gasteiger partial charge on any atom is 0.220 e. The smallest absolute Gasteiger partial charge is 0.220 e. The van der Waals surface area contributed by atoms with Crippen molar-refractivity contribution in [2.24, 2.45) is 0 Å². The quantitative estimate of drug-likeness (QED) is 0.751. The van der Waals surface area contributed by atoms with E-state index in [9.17, 15) is 9.59 Å². The monoisotopic (exact) mass is 282 g/mol. The molecule has 0 aromatic heterocycles. The summed E-state index contributed by atoms with van der Waals surface area (Å²) in [5, 5.41) is 6.10. The van der Waals surface area contributed by atoms with Gasteiger partial charge >= 0.3 is 0 Å². The summed E-state index contributed by atoms with van der Waals surface area (Å²) in [7, 11) is 0. The number of carbonyl (C=O) groups excluding carboxylic acids is 2. The Morgan fingerprint density at radius 3 is 2.63 bits per heavy atom. The van der Waals surface area contributed by atoms with Crippen LogP contribution in [0.5, 0.6) is 0 Å². The summed E-state index contributed by atoms with van der Waals surface area (Å²) in [5.74, 6) is -0.0809. The van der Waals surface area contributed by atoms with Crippen LogP contribution in [0.15, 0.2) is 24.3 Å². The molecule has 0 radical (unpaired) electrons. The van der Waals surface area contributed by atoms with Gasteiger partial charge in [0.15, 0.2) is 0 Å². The van der Waals surface area contributed by atoms with Gasteiger partial charge in [0, 0.05) is 31.5 Å². The van der Waals surface area contributed by atoms with Crippen LogP contribution in [0.1, 0.15) is 25.3 Å². The highest BCUT2D eigenvalue weighted by molar-refractivity contribution is 6.30. The first-order valence-electron chi connectivity index (χ1n) is 6.33. The highest BCUT2D eigenvalue weighted by Gasteiger charge is 2.01. The number of benzene rings is 1. The zero-order chi connectivity index (χ0) is 14.1. The number of nitrogens with one attached hydrogen (secondary N) is 2. The van der Waals surface area contributed by atoms with Gasteiger partial charge in [0.1, 0.15) is 0 Å². The summed E-state index contributed by atoms with van der Waals surface area (Å²) in [4.78, 5) is 22.1. The molecule has 0 aliphatic heterocycles. The Bertz CT molecular complexity index is 435. The van der Waals surface area contributed by atoms with Gasteiger partial charge in [0.05, 0.1) is 0 Å². The van der Waals surface area contributed by atoms with E-state index in [2.05, 4.69) is 10.6 Å². The van der Waals surface area contributed by atoms with Crippen molar-refractivity contribution in [2.75, 3.05) is 13.1 Å². The van der Waals surface area contributed by atoms with Crippen molar-refractivity contribution in [1.29, 1.82) is 0 Å². The third-order valence-corrected chi connectivity index (χ3v) is 2.81. The van der Waals surface area contributed by atoms with Gasteiger partial charge < -0.3 is 10.6 Å². The molecule has 0 saturated carbocycles. The normalized spacial score (nSPS) is 10.0. The molecule has 104 valence electrons. The summed E-state index contributed by atoms with van der Waals surface area (Å²) >= 11 is 5.88. The molecule has 2 N–H and O–H groups in total. The molecule has 0 bridgehead atoms. The third-order valence-electron chi connectivity index (χ3n) is 2.58. The topological polar surface area (TPSA) is 58.2 Å². The number of aryl methyl sites for hydroxylation is 1. The molecule has 1 rings (SSSR count). The molecule has 2 amide bonds. The van der Waals surface area contributed by atoms with Crippen LogP contribution in [0.4, 0.5) is 0 Å². The molecule has 0 spiro atoms. The second-order valence-corrected chi connectivity index (χ2v) is 4.75. The molecule has 0 atom stereocenters. The van der Waals surface area contributed by atoms with Crippen molar-refractivity contribution in [3.05, 3.63) is 34.9 Å². The van der Waals surface area contributed by atoms with E-state index in [1.165, 1.54) is 6.92 Å². The molecule has 0 aliphatic rings. The maximum absolute atomic E-state index is 11.5. The Kier molecular flexibility index (Phi) is 6.97. The van der Waals surface area contributed by atoms with Gasteiger partial charge in [-0.1, -0.05) is 23.7 Å². The molecule has 1 aromatic rings. The fraction of sp³-hybridized carbons (Fsp3) is 0.429. The van der Waals surface area contributed by atoms with E-state index in [0.29, 0.717) is 19.5 Å². The van der Waals surface area contributed by atoms with Crippen LogP contribution in [-0.2, 0) is 16.0 Å². The molecular formula is C14H19ClN2O2. The first kappa shape index (κ1) is 15.5. The summed E-state index contributed by atoms with van der Waals surface area (Å²) < 4.78 is 0. The molecule has 5 heteroatoms. The van der Waals surface area contributed by atoms with Gasteiger partial charge in [-0.25, -0.2) is 0 Å². The molecule has 0 unspecified atom stereocenters. The Hall–Kier alpha value is -1.55. The van der Waals surface area contributed by atoms with Crippen molar-refractivity contribution in [2.45, 2.75) is 26.2 Å². The lowest BCUT2D eigenvalue weighted by Gasteiger charge is -2.06. The van der Waals surface area contributed by atoms with Gasteiger partial charge in [0.25, 0.3) is 0 Å². The van der Waals surface area contributed by atoms with Crippen molar-refractivity contribution >= 4 is 23.4 Å². The summed E-state index contributed by atoms with van der Waals surface area (Å²) in [5.41, 5.74) is 1.14. The van der Waals surface area contributed by atoms with Crippen LogP contribution in [0.3, 0.4) is 0 Å². The van der Waals surface area contributed by atoms with E-state index in [0.717, 1.165) is 23.4 Å². The van der Waals surface area contributed by atoms with E-state index in [4.69, 9.17) is 11.6 Å². The molecule has 4 nitrogen and oxygen atoms in total. The minimum atomic E-state index is -0.0878. The van der Waals surface area contributed by atoms with Crippen LogP contribution in [0.2, 0.25) is 5.02 Å². The highest BCUT2D eigenvalue weighted by Crippen LogP contribution is 2.12. The van der Waals surface area contributed by atoms with Crippen LogP contribution in [0.25, 0.3) is 0 Å². The van der Waals surface area contributed by atoms with E-state index < -0.39 is 0 Å². The van der Waals surface area contributed by atoms with E-state index in [1.54, 1.807) is 0 Å². The highest BCUT2D eigenvalue weighted by atomic mass is 35.5. The van der Waals surface area contributed by atoms with Crippen LogP contribution < -0.4 is 10.6 Å². The average Bonchev–Trinajstić information content (AvgIpc) is 2.34. The molecular weight excluding hydrogens is 264 g/mol. The van der Waals surface area contributed by atoms with Crippen molar-refractivity contribution in [3.63, 3.8) is 0 Å². The largest absolute Gasteiger partial charge is 0.355 e. The van der Waals surface area contributed by atoms with Gasteiger partial charge in [0.2, 0.25) is 11.8 Å². The Balaban J connectivity index is 2.12. The van der Waals surface area contributed by atoms with E-state index in [1.807, 2.05) is 24.3 Å². The molecule has 1 aromatic carbocycles. The lowest BCUT2D eigenvalue weighted by Crippen LogP contribution is -2.33. The number of halogens is 1. The fourth-order valence-corrected chi connectivity index (χ4v) is 1.89. The number of hydrogen-bond acceptors (Lipinski definition) is 2. The lowest BCUT2D eigenvalue weighted by molar-refractivity contribution is -0.122. The number of carbonyl (C=O) groups is 2. The molecule has 0 saturated heterocycles. The number of hydrogen-bond donors (Lipinski definition) is 2. The Labute approximate surface area is 118 Å². The third kappa shape index (κ3) is 7.47. The summed E-state index contributed by atoms with van der Waals surface area (Å²) in [6, 6.07) is 7.65. The minimum Gasteiger partial charge on any atom is -0.355 e. The maximum atomic E-state index is 11.5. The van der Waals surface area contributed by atoms with Crippen molar-refractivity contribution in [1.82, 2.24) is 10.6 Å². The standard InChI is InChI=1S/C14H19ClN2O2/c1-11(18)16-8-9-17-14(19)7-3-5-12-4-2-6-13(15)10-12/h2,4,6,10H,3,5,7-9H2,1H3,(H,16,18)(H,17,19). The minimum absolute atomic E-state index is 0.00683. The first-order chi connectivity index (χ1) is 9.08. The Morgan fingerprint density at radius 1 is 1.21 bits per heavy atom. The summed E-state index contributed by atoms with van der Waals surface area (Å²) in [6.07, 6.45) is 2.10. The van der Waals surface area contributed by atoms with Crippen molar-refractivity contribution < 1.29 is 9.59 Å². The zero-order valence-corrected chi connectivity index (χ0v) is 11.8. The van der Waals surface area contributed by atoms with Crippen LogP contribution >= 0.6 is 11.6 Å². The van der Waals surface area contributed by atoms with E-state index >= 15 is 0 Å². The second-order valence-electron chi connectivity index (χ2n) is 4.32. The van der Waals surface area contributed by atoms with Crippen LogP contribution in [-0.4, -0.2) is 24.9 Å². The fourth-order valence-electron chi connectivity index (χ4n) is 1.67. The molecule has 0 heterocycles. The van der Waals surface area contributed by atoms with E-state index in [-0.39, 0.29) is 11.8 Å². The summed E-state index contributed by atoms with van der Waals surface area (Å²) in [6.45, 7) is 2.39. The van der Waals surface area contributed by atoms with Gasteiger partial charge in [-0.2, -0.15) is 0 Å². The molecule has 0 aliphatic carbocycles. The van der Waals surface area contributed by atoms with Crippen molar-refractivity contribution in [3.8, 4) is 0 Å². The molecule has 0 fully saturated rings. The van der Waals surface area contributed by atoms with Gasteiger partial charge in [-0.05, 0) is 30.5 Å². The van der Waals surface area contributed by atoms with Crippen LogP contribution in [0, 0.1) is 0 Å². The first-order valence-corrected chi connectivity index (χ1v) is 6.71. The SMILES string of the molecule is CC(=O)NCCNC(=O)CCCc1cccc(Cl)c1. The van der Waals surface area contributed by atoms with Gasteiger partial charge in [-0.3, -0.25) is 9.59 Å². The zero-order valence-electron chi connectivity index (χ0n) is 11.0. The average molecular weight is 283 g/mol.